The highest BCUT2D eigenvalue weighted by Crippen LogP contribution is 2.45. The van der Waals surface area contributed by atoms with Crippen LogP contribution in [0.2, 0.25) is 0 Å². The predicted molar refractivity (Wildman–Crippen MR) is 182 cm³/mol. The van der Waals surface area contributed by atoms with Crippen LogP contribution in [0.4, 0.5) is 0 Å². The van der Waals surface area contributed by atoms with Crippen LogP contribution in [-0.2, 0) is 41.5 Å². The lowest BCUT2D eigenvalue weighted by Gasteiger charge is -2.41. The van der Waals surface area contributed by atoms with E-state index >= 15 is 0 Å². The second-order valence-corrected chi connectivity index (χ2v) is 14.0. The molecule has 2 aliphatic carbocycles. The monoisotopic (exact) mass is 660 g/mol. The Bertz CT molecular complexity index is 1370. The summed E-state index contributed by atoms with van der Waals surface area (Å²) in [6, 6.07) is 16.1. The summed E-state index contributed by atoms with van der Waals surface area (Å²) in [7, 11) is 0. The van der Waals surface area contributed by atoms with Crippen LogP contribution in [0.5, 0.6) is 11.5 Å². The molecule has 2 aromatic carbocycles. The molecular weight excluding hydrogens is 608 g/mol. The van der Waals surface area contributed by atoms with Crippen molar-refractivity contribution in [1.82, 2.24) is 0 Å². The Morgan fingerprint density at radius 1 is 0.625 bits per heavy atom. The zero-order valence-electron chi connectivity index (χ0n) is 28.8. The average molecular weight is 661 g/mol. The van der Waals surface area contributed by atoms with Gasteiger partial charge in [0.2, 0.25) is 0 Å². The van der Waals surface area contributed by atoms with Crippen LogP contribution in [0.15, 0.2) is 48.5 Å². The van der Waals surface area contributed by atoms with Crippen molar-refractivity contribution in [1.29, 1.82) is 0 Å². The number of cyclic esters (lactones) is 2. The fourth-order valence-corrected chi connectivity index (χ4v) is 8.35. The Kier molecular flexibility index (Phi) is 12.3. The van der Waals surface area contributed by atoms with Crippen molar-refractivity contribution in [2.24, 2.45) is 11.8 Å². The molecule has 2 unspecified atom stereocenters. The maximum atomic E-state index is 12.1. The fourth-order valence-electron chi connectivity index (χ4n) is 8.35. The molecule has 260 valence electrons. The molecule has 4 aliphatic rings. The van der Waals surface area contributed by atoms with Gasteiger partial charge in [0.15, 0.2) is 0 Å². The van der Waals surface area contributed by atoms with Gasteiger partial charge in [0.05, 0.1) is 13.2 Å². The molecule has 2 atom stereocenters. The third kappa shape index (κ3) is 9.26. The minimum absolute atomic E-state index is 0.0289. The van der Waals surface area contributed by atoms with E-state index in [0.717, 1.165) is 74.8 Å². The number of ether oxygens (including phenoxy) is 4. The van der Waals surface area contributed by atoms with Gasteiger partial charge in [-0.1, -0.05) is 49.9 Å². The van der Waals surface area contributed by atoms with E-state index in [-0.39, 0.29) is 36.3 Å². The van der Waals surface area contributed by atoms with Gasteiger partial charge in [-0.25, -0.2) is 0 Å². The summed E-state index contributed by atoms with van der Waals surface area (Å²) in [4.78, 5) is 48.0. The van der Waals surface area contributed by atoms with Crippen molar-refractivity contribution in [3.05, 3.63) is 59.7 Å². The van der Waals surface area contributed by atoms with Crippen molar-refractivity contribution < 1.29 is 38.1 Å². The number of ketones is 2. The first-order chi connectivity index (χ1) is 23.2. The van der Waals surface area contributed by atoms with E-state index < -0.39 is 11.2 Å². The Morgan fingerprint density at radius 2 is 1.10 bits per heavy atom. The summed E-state index contributed by atoms with van der Waals surface area (Å²) in [6.07, 6.45) is 12.6. The minimum Gasteiger partial charge on any atom is -0.494 e. The molecular formula is C40H52O8. The number of hydrogen-bond acceptors (Lipinski definition) is 8. The number of aryl methyl sites for hydroxylation is 2. The van der Waals surface area contributed by atoms with Crippen LogP contribution < -0.4 is 9.47 Å². The molecule has 2 heterocycles. The topological polar surface area (TPSA) is 105 Å². The average Bonchev–Trinajstić information content (AvgIpc) is 3.80. The molecule has 8 heteroatoms. The smallest absolute Gasteiger partial charge is 0.313 e. The fraction of sp³-hybridized carbons (Fsp3) is 0.600. The molecule has 0 bridgehead atoms. The molecule has 0 aromatic heterocycles. The highest BCUT2D eigenvalue weighted by atomic mass is 16.6. The first-order valence-corrected chi connectivity index (χ1v) is 18.1. The van der Waals surface area contributed by atoms with Gasteiger partial charge in [0.1, 0.15) is 47.1 Å². The van der Waals surface area contributed by atoms with Gasteiger partial charge in [0.25, 0.3) is 0 Å². The number of carbonyl (C=O) groups is 4. The minimum atomic E-state index is -0.593. The number of rotatable bonds is 12. The summed E-state index contributed by atoms with van der Waals surface area (Å²) in [5.74, 6) is 1.75. The van der Waals surface area contributed by atoms with Gasteiger partial charge < -0.3 is 18.9 Å². The number of carbonyl (C=O) groups excluding carboxylic acids is 4. The Balaban J connectivity index is 0.000000188. The zero-order valence-corrected chi connectivity index (χ0v) is 28.8. The first kappa shape index (κ1) is 35.6. The maximum Gasteiger partial charge on any atom is 0.313 e. The quantitative estimate of drug-likeness (QED) is 0.168. The standard InChI is InChI=1S/2C20H26O4/c1-2-23-18-9-5-6-15(12-18)10-11-20(16-7-3-4-8-16)14-17(21)13-19(22)24-20;1-2-23-18-9-7-15(8-10-18)11-12-20(16-5-3-4-6-16)14-17(21)13-19(22)24-20/h5-6,9,12,16H,2-4,7-8,10-11,13-14H2,1H3;7-10,16H,2-6,11-14H2,1H3. The van der Waals surface area contributed by atoms with Gasteiger partial charge in [-0.2, -0.15) is 0 Å². The van der Waals surface area contributed by atoms with Gasteiger partial charge in [-0.15, -0.1) is 0 Å². The van der Waals surface area contributed by atoms with E-state index in [1.54, 1.807) is 0 Å². The molecule has 0 radical (unpaired) electrons. The van der Waals surface area contributed by atoms with E-state index in [1.165, 1.54) is 18.4 Å². The number of benzene rings is 2. The van der Waals surface area contributed by atoms with Crippen LogP contribution in [0.1, 0.15) is 115 Å². The van der Waals surface area contributed by atoms with Crippen LogP contribution >= 0.6 is 0 Å². The SMILES string of the molecule is CCOc1ccc(CCC2(C3CCCC3)CC(=O)CC(=O)O2)cc1.CCOc1cccc(CCC2(C3CCCC3)CC(=O)CC(=O)O2)c1. The summed E-state index contributed by atoms with van der Waals surface area (Å²) >= 11 is 0. The van der Waals surface area contributed by atoms with E-state index in [4.69, 9.17) is 18.9 Å². The van der Waals surface area contributed by atoms with Crippen molar-refractivity contribution in [2.45, 2.75) is 128 Å². The molecule has 2 aromatic rings. The molecule has 8 nitrogen and oxygen atoms in total. The number of esters is 2. The van der Waals surface area contributed by atoms with Crippen molar-refractivity contribution in [2.75, 3.05) is 13.2 Å². The Labute approximate surface area is 285 Å². The highest BCUT2D eigenvalue weighted by Gasteiger charge is 2.49. The van der Waals surface area contributed by atoms with Crippen molar-refractivity contribution in [3.63, 3.8) is 0 Å². The molecule has 6 rings (SSSR count). The van der Waals surface area contributed by atoms with Crippen molar-refractivity contribution >= 4 is 23.5 Å². The Morgan fingerprint density at radius 3 is 1.58 bits per heavy atom. The normalized spacial score (nSPS) is 24.9. The highest BCUT2D eigenvalue weighted by molar-refractivity contribution is 5.98. The molecule has 0 N–H and O–H groups in total. The lowest BCUT2D eigenvalue weighted by molar-refractivity contribution is -0.180. The second kappa shape index (κ2) is 16.6. The lowest BCUT2D eigenvalue weighted by Crippen LogP contribution is -2.48. The van der Waals surface area contributed by atoms with Gasteiger partial charge in [-0.05, 0) is 112 Å². The van der Waals surface area contributed by atoms with E-state index in [0.29, 0.717) is 44.3 Å². The van der Waals surface area contributed by atoms with Crippen LogP contribution in [0, 0.1) is 11.8 Å². The molecule has 48 heavy (non-hydrogen) atoms. The van der Waals surface area contributed by atoms with Gasteiger partial charge in [-0.3, -0.25) is 19.2 Å². The Hall–Kier alpha value is -3.68. The van der Waals surface area contributed by atoms with Crippen LogP contribution in [-0.4, -0.2) is 47.9 Å². The molecule has 2 saturated heterocycles. The molecule has 0 spiro atoms. The summed E-state index contributed by atoms with van der Waals surface area (Å²) in [5.41, 5.74) is 1.17. The molecule has 0 amide bonds. The zero-order chi connectivity index (χ0) is 34.0. The lowest BCUT2D eigenvalue weighted by atomic mass is 9.76. The largest absolute Gasteiger partial charge is 0.494 e. The van der Waals surface area contributed by atoms with E-state index in [1.807, 2.05) is 44.2 Å². The first-order valence-electron chi connectivity index (χ1n) is 18.1. The second-order valence-electron chi connectivity index (χ2n) is 14.0. The third-order valence-electron chi connectivity index (χ3n) is 10.6. The summed E-state index contributed by atoms with van der Waals surface area (Å²) in [5, 5.41) is 0. The molecule has 2 saturated carbocycles. The van der Waals surface area contributed by atoms with Gasteiger partial charge >= 0.3 is 11.9 Å². The van der Waals surface area contributed by atoms with Gasteiger partial charge in [0, 0.05) is 12.8 Å². The van der Waals surface area contributed by atoms with E-state index in [2.05, 4.69) is 18.2 Å². The van der Waals surface area contributed by atoms with Crippen LogP contribution in [0.25, 0.3) is 0 Å². The number of Topliss-reactive ketones (excluding diaryl/α,β-unsaturated/α-hetero) is 2. The third-order valence-corrected chi connectivity index (χ3v) is 10.6. The molecule has 4 fully saturated rings. The van der Waals surface area contributed by atoms with E-state index in [9.17, 15) is 19.2 Å². The van der Waals surface area contributed by atoms with Crippen LogP contribution in [0.3, 0.4) is 0 Å². The predicted octanol–water partition coefficient (Wildman–Crippen LogP) is 7.71. The maximum absolute atomic E-state index is 12.1. The van der Waals surface area contributed by atoms with Crippen molar-refractivity contribution in [3.8, 4) is 11.5 Å². The number of hydrogen-bond donors (Lipinski definition) is 0. The summed E-state index contributed by atoms with van der Waals surface area (Å²) < 4.78 is 22.7. The molecule has 2 aliphatic heterocycles. The summed E-state index contributed by atoms with van der Waals surface area (Å²) in [6.45, 7) is 5.23.